The smallest absolute Gasteiger partial charge is 0.425 e. The number of ether oxygens (including phenoxy) is 4. The summed E-state index contributed by atoms with van der Waals surface area (Å²) in [5.41, 5.74) is 0.784. The van der Waals surface area contributed by atoms with Gasteiger partial charge in [-0.25, -0.2) is 28.9 Å². The van der Waals surface area contributed by atoms with E-state index in [-0.39, 0.29) is 39.4 Å². The topological polar surface area (TPSA) is 118 Å². The van der Waals surface area contributed by atoms with Crippen molar-refractivity contribution in [3.05, 3.63) is 69.4 Å². The van der Waals surface area contributed by atoms with Gasteiger partial charge in [0.25, 0.3) is 0 Å². The van der Waals surface area contributed by atoms with Crippen LogP contribution in [0.1, 0.15) is 73.4 Å². The van der Waals surface area contributed by atoms with Crippen LogP contribution in [0.15, 0.2) is 52.9 Å². The summed E-state index contributed by atoms with van der Waals surface area (Å²) < 4.78 is 41.6. The summed E-state index contributed by atoms with van der Waals surface area (Å²) >= 11 is 9.71. The highest BCUT2D eigenvalue weighted by Gasteiger charge is 2.50. The van der Waals surface area contributed by atoms with E-state index in [1.807, 2.05) is 30.7 Å². The van der Waals surface area contributed by atoms with Crippen molar-refractivity contribution < 1.29 is 32.9 Å². The van der Waals surface area contributed by atoms with Gasteiger partial charge in [0.1, 0.15) is 46.4 Å². The third-order valence-corrected chi connectivity index (χ3v) is 8.83. The molecule has 0 N–H and O–H groups in total. The van der Waals surface area contributed by atoms with Crippen molar-refractivity contribution in [1.29, 1.82) is 0 Å². The Morgan fingerprint density at radius 3 is 2.35 bits per heavy atom. The van der Waals surface area contributed by atoms with E-state index in [4.69, 9.17) is 30.5 Å². The van der Waals surface area contributed by atoms with E-state index in [1.165, 1.54) is 18.5 Å². The molecule has 0 radical (unpaired) electrons. The highest BCUT2D eigenvalue weighted by atomic mass is 79.9. The number of aryl methyl sites for hydroxylation is 1. The summed E-state index contributed by atoms with van der Waals surface area (Å²) in [6.07, 6.45) is 3.87. The number of fused-ring (bicyclic) bond motifs is 3. The molecule has 0 bridgehead atoms. The molecule has 2 aliphatic rings. The maximum atomic E-state index is 15.6. The Bertz CT molecular complexity index is 1970. The third-order valence-electron chi connectivity index (χ3n) is 7.94. The number of hydrogen-bond donors (Lipinski definition) is 0. The summed E-state index contributed by atoms with van der Waals surface area (Å²) in [5, 5.41) is 1.32. The first-order chi connectivity index (χ1) is 22.8. The SMILES string of the molecule is CC(C)(C)OC(=O)N(C(=O)OC(C)(C)C)c1nc2cc(CCC3=C[C@@H](n4ccc5c(Cl)ncnc54)[C@@H]4OC(C)(C)O[C@H]34)cc(F)c2cc1Br. The summed E-state index contributed by atoms with van der Waals surface area (Å²) in [5.74, 6) is -1.39. The van der Waals surface area contributed by atoms with Crippen molar-refractivity contribution in [2.24, 2.45) is 0 Å². The molecule has 260 valence electrons. The van der Waals surface area contributed by atoms with Crippen LogP contribution in [0.4, 0.5) is 19.8 Å². The molecule has 14 heteroatoms. The van der Waals surface area contributed by atoms with Crippen LogP contribution < -0.4 is 4.90 Å². The number of carbonyl (C=O) groups excluding carboxylic acids is 2. The second-order valence-corrected chi connectivity index (χ2v) is 15.8. The van der Waals surface area contributed by atoms with Crippen LogP contribution in [0, 0.1) is 5.82 Å². The van der Waals surface area contributed by atoms with Gasteiger partial charge in [-0.05, 0) is 120 Å². The lowest BCUT2D eigenvalue weighted by Gasteiger charge is -2.28. The second-order valence-electron chi connectivity index (χ2n) is 14.6. The first kappa shape index (κ1) is 35.2. The zero-order chi connectivity index (χ0) is 35.6. The highest BCUT2D eigenvalue weighted by Crippen LogP contribution is 2.45. The minimum absolute atomic E-state index is 0.0849. The van der Waals surface area contributed by atoms with Crippen molar-refractivity contribution in [3.63, 3.8) is 0 Å². The molecule has 49 heavy (non-hydrogen) atoms. The minimum atomic E-state index is -0.978. The van der Waals surface area contributed by atoms with Crippen molar-refractivity contribution >= 4 is 67.5 Å². The number of imide groups is 1. The Hall–Kier alpha value is -3.65. The Kier molecular flexibility index (Phi) is 9.04. The number of anilines is 1. The highest BCUT2D eigenvalue weighted by molar-refractivity contribution is 9.10. The van der Waals surface area contributed by atoms with Gasteiger partial charge in [0.15, 0.2) is 11.6 Å². The minimum Gasteiger partial charge on any atom is -0.443 e. The average Bonchev–Trinajstić information content (AvgIpc) is 3.62. The van der Waals surface area contributed by atoms with Crippen LogP contribution in [0.25, 0.3) is 21.9 Å². The fraction of sp³-hybridized carbons (Fsp3) is 0.457. The van der Waals surface area contributed by atoms with Gasteiger partial charge in [-0.3, -0.25) is 0 Å². The van der Waals surface area contributed by atoms with Crippen LogP contribution in [0.3, 0.4) is 0 Å². The van der Waals surface area contributed by atoms with E-state index in [2.05, 4.69) is 37.0 Å². The maximum Gasteiger partial charge on any atom is 0.425 e. The molecule has 11 nitrogen and oxygen atoms in total. The molecule has 1 saturated heterocycles. The predicted molar refractivity (Wildman–Crippen MR) is 186 cm³/mol. The predicted octanol–water partition coefficient (Wildman–Crippen LogP) is 8.85. The van der Waals surface area contributed by atoms with Gasteiger partial charge >= 0.3 is 12.2 Å². The number of aromatic nitrogens is 4. The molecule has 1 aliphatic carbocycles. The molecule has 0 unspecified atom stereocenters. The molecule has 0 spiro atoms. The summed E-state index contributed by atoms with van der Waals surface area (Å²) in [6, 6.07) is 6.36. The Morgan fingerprint density at radius 1 is 1.02 bits per heavy atom. The van der Waals surface area contributed by atoms with Gasteiger partial charge in [0, 0.05) is 11.6 Å². The molecule has 1 aromatic carbocycles. The van der Waals surface area contributed by atoms with Crippen LogP contribution in [0.2, 0.25) is 5.15 Å². The van der Waals surface area contributed by atoms with Crippen LogP contribution >= 0.6 is 27.5 Å². The average molecular weight is 759 g/mol. The lowest BCUT2D eigenvalue weighted by molar-refractivity contribution is -0.147. The van der Waals surface area contributed by atoms with E-state index in [0.29, 0.717) is 29.2 Å². The molecule has 1 fully saturated rings. The second kappa shape index (κ2) is 12.6. The number of nitrogens with zero attached hydrogens (tertiary/aromatic N) is 5. The Balaban J connectivity index is 1.32. The fourth-order valence-electron chi connectivity index (χ4n) is 6.08. The van der Waals surface area contributed by atoms with Crippen LogP contribution in [-0.2, 0) is 25.4 Å². The molecule has 4 heterocycles. The molecular weight excluding hydrogens is 721 g/mol. The molecule has 0 saturated carbocycles. The number of amides is 2. The van der Waals surface area contributed by atoms with Gasteiger partial charge in [-0.15, -0.1) is 0 Å². The number of halogens is 3. The van der Waals surface area contributed by atoms with E-state index in [1.54, 1.807) is 47.6 Å². The van der Waals surface area contributed by atoms with E-state index < -0.39 is 35.0 Å². The zero-order valence-electron chi connectivity index (χ0n) is 28.5. The molecule has 6 rings (SSSR count). The largest absolute Gasteiger partial charge is 0.443 e. The molecule has 4 aromatic rings. The number of benzene rings is 1. The molecule has 1 aliphatic heterocycles. The van der Waals surface area contributed by atoms with Gasteiger partial charge in [0.2, 0.25) is 0 Å². The van der Waals surface area contributed by atoms with Crippen molar-refractivity contribution in [2.45, 2.75) is 103 Å². The van der Waals surface area contributed by atoms with Crippen LogP contribution in [0.5, 0.6) is 0 Å². The van der Waals surface area contributed by atoms with E-state index in [9.17, 15) is 9.59 Å². The standard InChI is InChI=1S/C35H38BrClFN5O6/c1-33(2,3)48-31(44)43(32(45)49-34(4,5)6)30-22(36)16-21-23(38)13-18(14-24(21)41-30)9-10-19-15-25(27-26(19)46-35(7,8)47-27)42-12-11-20-28(37)39-17-40-29(20)42/h11-17,25-27H,9-10H2,1-8H3/t25-,26-,27+/m1/s1. The van der Waals surface area contributed by atoms with Gasteiger partial charge in [-0.1, -0.05) is 17.7 Å². The number of carbonyl (C=O) groups is 2. The number of rotatable bonds is 5. The Morgan fingerprint density at radius 2 is 1.69 bits per heavy atom. The fourth-order valence-corrected chi connectivity index (χ4v) is 6.77. The maximum absolute atomic E-state index is 15.6. The van der Waals surface area contributed by atoms with Gasteiger partial charge in [-0.2, -0.15) is 4.90 Å². The summed E-state index contributed by atoms with van der Waals surface area (Å²) in [6.45, 7) is 13.9. The lowest BCUT2D eigenvalue weighted by Crippen LogP contribution is -2.44. The van der Waals surface area contributed by atoms with Crippen molar-refractivity contribution in [1.82, 2.24) is 19.5 Å². The number of pyridine rings is 1. The summed E-state index contributed by atoms with van der Waals surface area (Å²) in [4.78, 5) is 40.5. The van der Waals surface area contributed by atoms with Gasteiger partial charge in [0.05, 0.1) is 21.4 Å². The number of hydrogen-bond acceptors (Lipinski definition) is 9. The summed E-state index contributed by atoms with van der Waals surface area (Å²) in [7, 11) is 0. The monoisotopic (exact) mass is 757 g/mol. The quantitative estimate of drug-likeness (QED) is 0.145. The first-order valence-electron chi connectivity index (χ1n) is 15.9. The van der Waals surface area contributed by atoms with E-state index >= 15 is 4.39 Å². The Labute approximate surface area is 296 Å². The van der Waals surface area contributed by atoms with Crippen molar-refractivity contribution in [2.75, 3.05) is 4.90 Å². The normalized spacial score (nSPS) is 20.4. The molecule has 2 amide bonds. The van der Waals surface area contributed by atoms with Crippen molar-refractivity contribution in [3.8, 4) is 0 Å². The zero-order valence-corrected chi connectivity index (χ0v) is 30.8. The lowest BCUT2D eigenvalue weighted by atomic mass is 10.0. The molecule has 3 aromatic heterocycles. The third kappa shape index (κ3) is 7.30. The van der Waals surface area contributed by atoms with Gasteiger partial charge < -0.3 is 23.5 Å². The molecular formula is C35H38BrClFN5O6. The first-order valence-corrected chi connectivity index (χ1v) is 17.1. The molecule has 3 atom stereocenters. The van der Waals surface area contributed by atoms with Crippen LogP contribution in [-0.4, -0.2) is 60.9 Å². The van der Waals surface area contributed by atoms with E-state index in [0.717, 1.165) is 15.9 Å².